The molecule has 0 aliphatic rings. The zero-order chi connectivity index (χ0) is 13.2. The second-order valence-corrected chi connectivity index (χ2v) is 4.47. The second-order valence-electron chi connectivity index (χ2n) is 4.47. The monoisotopic (exact) mass is 253 g/mol. The Morgan fingerprint density at radius 3 is 2.95 bits per heavy atom. The van der Waals surface area contributed by atoms with Crippen LogP contribution >= 0.6 is 0 Å². The van der Waals surface area contributed by atoms with Crippen molar-refractivity contribution in [3.8, 4) is 5.75 Å². The molecule has 0 spiro atoms. The van der Waals surface area contributed by atoms with Gasteiger partial charge in [0.1, 0.15) is 5.75 Å². The van der Waals surface area contributed by atoms with Crippen LogP contribution in [0.1, 0.15) is 5.56 Å². The van der Waals surface area contributed by atoms with Gasteiger partial charge in [-0.1, -0.05) is 12.1 Å². The van der Waals surface area contributed by atoms with Crippen molar-refractivity contribution >= 4 is 16.6 Å². The van der Waals surface area contributed by atoms with Gasteiger partial charge >= 0.3 is 0 Å². The van der Waals surface area contributed by atoms with Crippen molar-refractivity contribution in [1.29, 1.82) is 0 Å². The molecule has 0 unspecified atom stereocenters. The summed E-state index contributed by atoms with van der Waals surface area (Å²) in [4.78, 5) is 0. The van der Waals surface area contributed by atoms with Gasteiger partial charge in [0.25, 0.3) is 0 Å². The minimum atomic E-state index is 0.713. The summed E-state index contributed by atoms with van der Waals surface area (Å²) in [5.41, 5.74) is 8.76. The molecule has 19 heavy (non-hydrogen) atoms. The van der Waals surface area contributed by atoms with Crippen molar-refractivity contribution in [2.24, 2.45) is 0 Å². The van der Waals surface area contributed by atoms with E-state index >= 15 is 0 Å². The van der Waals surface area contributed by atoms with E-state index in [-0.39, 0.29) is 0 Å². The first kappa shape index (κ1) is 11.6. The number of nitrogens with two attached hydrogens (primary N) is 1. The topological polar surface area (TPSA) is 53.1 Å². The van der Waals surface area contributed by atoms with Gasteiger partial charge in [-0.3, -0.25) is 4.68 Å². The first-order valence-electron chi connectivity index (χ1n) is 6.10. The number of rotatable bonds is 3. The molecule has 3 aromatic rings. The zero-order valence-corrected chi connectivity index (χ0v) is 10.7. The molecular formula is C15H15N3O. The van der Waals surface area contributed by atoms with E-state index in [1.54, 1.807) is 7.11 Å². The first-order valence-corrected chi connectivity index (χ1v) is 6.10. The Bertz CT molecular complexity index is 718. The molecule has 2 N–H and O–H groups in total. The highest BCUT2D eigenvalue weighted by molar-refractivity contribution is 5.82. The van der Waals surface area contributed by atoms with E-state index < -0.39 is 0 Å². The van der Waals surface area contributed by atoms with Crippen LogP contribution in [0.5, 0.6) is 5.75 Å². The highest BCUT2D eigenvalue weighted by atomic mass is 16.5. The lowest BCUT2D eigenvalue weighted by atomic mass is 10.2. The van der Waals surface area contributed by atoms with Crippen molar-refractivity contribution in [1.82, 2.24) is 9.78 Å². The van der Waals surface area contributed by atoms with E-state index in [4.69, 9.17) is 10.5 Å². The smallest absolute Gasteiger partial charge is 0.119 e. The van der Waals surface area contributed by atoms with Crippen molar-refractivity contribution < 1.29 is 4.74 Å². The SMILES string of the molecule is COc1cccc(Cn2ncc3cc(N)ccc32)c1. The minimum absolute atomic E-state index is 0.713. The van der Waals surface area contributed by atoms with Crippen molar-refractivity contribution in [3.05, 3.63) is 54.2 Å². The standard InChI is InChI=1S/C15H15N3O/c1-19-14-4-2-3-11(7-14)10-18-15-6-5-13(16)8-12(15)9-17-18/h2-9H,10,16H2,1H3. The molecule has 2 aromatic carbocycles. The predicted molar refractivity (Wildman–Crippen MR) is 76.2 cm³/mol. The summed E-state index contributed by atoms with van der Waals surface area (Å²) >= 11 is 0. The molecule has 0 fully saturated rings. The van der Waals surface area contributed by atoms with E-state index in [0.29, 0.717) is 6.54 Å². The Hall–Kier alpha value is -2.49. The normalized spacial score (nSPS) is 10.8. The number of anilines is 1. The van der Waals surface area contributed by atoms with Crippen LogP contribution in [-0.4, -0.2) is 16.9 Å². The summed E-state index contributed by atoms with van der Waals surface area (Å²) in [6.45, 7) is 0.713. The number of nitrogen functional groups attached to an aromatic ring is 1. The quantitative estimate of drug-likeness (QED) is 0.730. The molecule has 0 aliphatic heterocycles. The molecule has 1 aromatic heterocycles. The third kappa shape index (κ3) is 2.25. The van der Waals surface area contributed by atoms with Crippen LogP contribution in [0, 0.1) is 0 Å². The van der Waals surface area contributed by atoms with Gasteiger partial charge < -0.3 is 10.5 Å². The molecule has 1 heterocycles. The number of ether oxygens (including phenoxy) is 1. The average molecular weight is 253 g/mol. The van der Waals surface area contributed by atoms with Crippen LogP contribution in [0.25, 0.3) is 10.9 Å². The van der Waals surface area contributed by atoms with E-state index in [1.165, 1.54) is 0 Å². The average Bonchev–Trinajstić information content (AvgIpc) is 2.81. The van der Waals surface area contributed by atoms with Crippen LogP contribution in [0.2, 0.25) is 0 Å². The van der Waals surface area contributed by atoms with Crippen LogP contribution in [0.4, 0.5) is 5.69 Å². The van der Waals surface area contributed by atoms with Gasteiger partial charge in [0.15, 0.2) is 0 Å². The number of nitrogens with zero attached hydrogens (tertiary/aromatic N) is 2. The van der Waals surface area contributed by atoms with Crippen molar-refractivity contribution in [3.63, 3.8) is 0 Å². The van der Waals surface area contributed by atoms with Crippen LogP contribution in [0.3, 0.4) is 0 Å². The number of aromatic nitrogens is 2. The summed E-state index contributed by atoms with van der Waals surface area (Å²) < 4.78 is 7.19. The predicted octanol–water partition coefficient (Wildman–Crippen LogP) is 2.68. The number of hydrogen-bond donors (Lipinski definition) is 1. The van der Waals surface area contributed by atoms with E-state index in [0.717, 1.165) is 27.9 Å². The molecule has 0 radical (unpaired) electrons. The van der Waals surface area contributed by atoms with Gasteiger partial charge in [-0.15, -0.1) is 0 Å². The van der Waals surface area contributed by atoms with Crippen molar-refractivity contribution in [2.45, 2.75) is 6.54 Å². The lowest BCUT2D eigenvalue weighted by Gasteiger charge is -2.06. The molecule has 0 bridgehead atoms. The third-order valence-corrected chi connectivity index (χ3v) is 3.13. The Morgan fingerprint density at radius 1 is 1.21 bits per heavy atom. The Labute approximate surface area is 111 Å². The van der Waals surface area contributed by atoms with Gasteiger partial charge in [0.05, 0.1) is 25.4 Å². The molecule has 0 saturated carbocycles. The molecule has 0 atom stereocenters. The fourth-order valence-corrected chi connectivity index (χ4v) is 2.18. The number of methoxy groups -OCH3 is 1. The van der Waals surface area contributed by atoms with Crippen LogP contribution in [0.15, 0.2) is 48.7 Å². The highest BCUT2D eigenvalue weighted by Gasteiger charge is 2.04. The number of fused-ring (bicyclic) bond motifs is 1. The Morgan fingerprint density at radius 2 is 2.11 bits per heavy atom. The first-order chi connectivity index (χ1) is 9.26. The van der Waals surface area contributed by atoms with E-state index in [1.807, 2.05) is 47.3 Å². The molecular weight excluding hydrogens is 238 g/mol. The molecule has 0 saturated heterocycles. The maximum Gasteiger partial charge on any atom is 0.119 e. The van der Waals surface area contributed by atoms with Gasteiger partial charge in [-0.25, -0.2) is 0 Å². The third-order valence-electron chi connectivity index (χ3n) is 3.13. The maximum absolute atomic E-state index is 5.77. The van der Waals surface area contributed by atoms with Gasteiger partial charge in [-0.05, 0) is 35.9 Å². The Balaban J connectivity index is 1.96. The molecule has 0 aliphatic carbocycles. The number of benzene rings is 2. The maximum atomic E-state index is 5.77. The Kier molecular flexibility index (Phi) is 2.83. The minimum Gasteiger partial charge on any atom is -0.497 e. The van der Waals surface area contributed by atoms with Crippen molar-refractivity contribution in [2.75, 3.05) is 12.8 Å². The molecule has 4 heteroatoms. The highest BCUT2D eigenvalue weighted by Crippen LogP contribution is 2.19. The largest absolute Gasteiger partial charge is 0.497 e. The summed E-state index contributed by atoms with van der Waals surface area (Å²) in [6.07, 6.45) is 1.84. The van der Waals surface area contributed by atoms with Crippen LogP contribution in [-0.2, 0) is 6.54 Å². The fourth-order valence-electron chi connectivity index (χ4n) is 2.18. The summed E-state index contributed by atoms with van der Waals surface area (Å²) in [7, 11) is 1.67. The zero-order valence-electron chi connectivity index (χ0n) is 10.7. The van der Waals surface area contributed by atoms with Gasteiger partial charge in [0.2, 0.25) is 0 Å². The van der Waals surface area contributed by atoms with Crippen LogP contribution < -0.4 is 10.5 Å². The summed E-state index contributed by atoms with van der Waals surface area (Å²) in [5, 5.41) is 5.47. The van der Waals surface area contributed by atoms with E-state index in [9.17, 15) is 0 Å². The second kappa shape index (κ2) is 4.65. The molecule has 3 rings (SSSR count). The fraction of sp³-hybridized carbons (Fsp3) is 0.133. The van der Waals surface area contributed by atoms with Gasteiger partial charge in [-0.2, -0.15) is 5.10 Å². The number of hydrogen-bond acceptors (Lipinski definition) is 3. The summed E-state index contributed by atoms with van der Waals surface area (Å²) in [5.74, 6) is 0.859. The lowest BCUT2D eigenvalue weighted by molar-refractivity contribution is 0.414. The molecule has 4 nitrogen and oxygen atoms in total. The van der Waals surface area contributed by atoms with Gasteiger partial charge in [0, 0.05) is 11.1 Å². The van der Waals surface area contributed by atoms with E-state index in [2.05, 4.69) is 11.2 Å². The lowest BCUT2D eigenvalue weighted by Crippen LogP contribution is -2.01. The molecule has 96 valence electrons. The molecule has 0 amide bonds. The summed E-state index contributed by atoms with van der Waals surface area (Å²) in [6, 6.07) is 13.8.